The summed E-state index contributed by atoms with van der Waals surface area (Å²) in [5.74, 6) is 0.815. The zero-order chi connectivity index (χ0) is 19.8. The molecule has 1 unspecified atom stereocenters. The highest BCUT2D eigenvalue weighted by Gasteiger charge is 2.36. The smallest absolute Gasteiger partial charge is 0.191 e. The van der Waals surface area contributed by atoms with Crippen molar-refractivity contribution in [3.8, 4) is 0 Å². The highest BCUT2D eigenvalue weighted by molar-refractivity contribution is 6.30. The van der Waals surface area contributed by atoms with Gasteiger partial charge >= 0.3 is 0 Å². The van der Waals surface area contributed by atoms with Gasteiger partial charge in [-0.2, -0.15) is 5.10 Å². The summed E-state index contributed by atoms with van der Waals surface area (Å²) in [7, 11) is 3.58. The molecule has 0 amide bonds. The van der Waals surface area contributed by atoms with E-state index in [2.05, 4.69) is 20.7 Å². The van der Waals surface area contributed by atoms with E-state index in [1.807, 2.05) is 48.3 Å². The van der Waals surface area contributed by atoms with Crippen molar-refractivity contribution in [2.45, 2.75) is 31.7 Å². The lowest BCUT2D eigenvalue weighted by atomic mass is 9.67. The molecule has 28 heavy (non-hydrogen) atoms. The first kappa shape index (κ1) is 20.7. The lowest BCUT2D eigenvalue weighted by molar-refractivity contribution is 0.0732. The average molecular weight is 404 g/mol. The molecule has 0 radical (unpaired) electrons. The Labute approximate surface area is 172 Å². The van der Waals surface area contributed by atoms with Gasteiger partial charge in [-0.1, -0.05) is 30.2 Å². The van der Waals surface area contributed by atoms with Gasteiger partial charge in [-0.05, 0) is 48.4 Å². The summed E-state index contributed by atoms with van der Waals surface area (Å²) in [6, 6.07) is 9.90. The van der Waals surface area contributed by atoms with Crippen LogP contribution in [0.3, 0.4) is 0 Å². The van der Waals surface area contributed by atoms with Gasteiger partial charge in [-0.25, -0.2) is 0 Å². The van der Waals surface area contributed by atoms with Crippen LogP contribution in [0.5, 0.6) is 0 Å². The van der Waals surface area contributed by atoms with Crippen LogP contribution in [0.15, 0.2) is 47.7 Å². The minimum atomic E-state index is 0.0528. The van der Waals surface area contributed by atoms with Gasteiger partial charge in [-0.3, -0.25) is 9.67 Å². The number of nitrogens with zero attached hydrogens (tertiary/aromatic N) is 3. The molecule has 1 fully saturated rings. The third-order valence-corrected chi connectivity index (χ3v) is 5.92. The molecule has 152 valence electrons. The van der Waals surface area contributed by atoms with Gasteiger partial charge in [0.25, 0.3) is 0 Å². The topological polar surface area (TPSA) is 63.5 Å². The molecule has 1 aromatic heterocycles. The maximum atomic E-state index is 6.05. The molecule has 1 saturated carbocycles. The van der Waals surface area contributed by atoms with Crippen LogP contribution in [-0.2, 0) is 4.74 Å². The van der Waals surface area contributed by atoms with E-state index in [1.165, 1.54) is 19.3 Å². The standard InChI is InChI=1S/C21H30ClN5O/c1-23-20(25-16-21(9-3-10-21)11-14-28-2)24-15-19(27-13-4-12-26-27)17-5-7-18(22)8-6-17/h4-8,12-13,19H,3,9-11,14-16H2,1-2H3,(H2,23,24,25). The maximum Gasteiger partial charge on any atom is 0.191 e. The Morgan fingerprint density at radius 3 is 2.68 bits per heavy atom. The first-order valence-electron chi connectivity index (χ1n) is 9.84. The van der Waals surface area contributed by atoms with Crippen molar-refractivity contribution in [2.75, 3.05) is 33.9 Å². The van der Waals surface area contributed by atoms with Gasteiger partial charge in [0.1, 0.15) is 0 Å². The van der Waals surface area contributed by atoms with Gasteiger partial charge in [0.15, 0.2) is 5.96 Å². The van der Waals surface area contributed by atoms with Crippen LogP contribution in [0.2, 0.25) is 5.02 Å². The van der Waals surface area contributed by atoms with Crippen LogP contribution in [0.4, 0.5) is 0 Å². The Morgan fingerprint density at radius 2 is 2.11 bits per heavy atom. The Bertz CT molecular complexity index is 741. The van der Waals surface area contributed by atoms with E-state index in [0.29, 0.717) is 12.0 Å². The normalized spacial score (nSPS) is 17.0. The predicted molar refractivity (Wildman–Crippen MR) is 114 cm³/mol. The Morgan fingerprint density at radius 1 is 1.32 bits per heavy atom. The second kappa shape index (κ2) is 9.94. The Hall–Kier alpha value is -2.05. The molecular weight excluding hydrogens is 374 g/mol. The van der Waals surface area contributed by atoms with Crippen molar-refractivity contribution in [3.63, 3.8) is 0 Å². The minimum absolute atomic E-state index is 0.0528. The predicted octanol–water partition coefficient (Wildman–Crippen LogP) is 3.50. The third kappa shape index (κ3) is 5.26. The highest BCUT2D eigenvalue weighted by atomic mass is 35.5. The van der Waals surface area contributed by atoms with Gasteiger partial charge in [0.05, 0.1) is 6.04 Å². The highest BCUT2D eigenvalue weighted by Crippen LogP contribution is 2.43. The van der Waals surface area contributed by atoms with Crippen molar-refractivity contribution in [1.29, 1.82) is 0 Å². The zero-order valence-electron chi connectivity index (χ0n) is 16.7. The van der Waals surface area contributed by atoms with Crippen molar-refractivity contribution >= 4 is 17.6 Å². The van der Waals surface area contributed by atoms with E-state index < -0.39 is 0 Å². The number of ether oxygens (including phenoxy) is 1. The fourth-order valence-corrected chi connectivity index (χ4v) is 3.84. The molecule has 1 aliphatic rings. The second-order valence-electron chi connectivity index (χ2n) is 7.46. The lowest BCUT2D eigenvalue weighted by Gasteiger charge is -2.42. The Balaban J connectivity index is 1.60. The maximum absolute atomic E-state index is 6.05. The summed E-state index contributed by atoms with van der Waals surface area (Å²) in [6.45, 7) is 2.41. The van der Waals surface area contributed by atoms with Crippen LogP contribution in [-0.4, -0.2) is 49.6 Å². The van der Waals surface area contributed by atoms with Gasteiger partial charge in [0.2, 0.25) is 0 Å². The summed E-state index contributed by atoms with van der Waals surface area (Å²) in [6.07, 6.45) is 8.67. The summed E-state index contributed by atoms with van der Waals surface area (Å²) < 4.78 is 7.25. The van der Waals surface area contributed by atoms with E-state index in [0.717, 1.165) is 36.1 Å². The first-order chi connectivity index (χ1) is 13.7. The molecule has 0 aliphatic heterocycles. The van der Waals surface area contributed by atoms with Crippen molar-refractivity contribution in [2.24, 2.45) is 10.4 Å². The number of methoxy groups -OCH3 is 1. The molecule has 2 aromatic rings. The number of aromatic nitrogens is 2. The zero-order valence-corrected chi connectivity index (χ0v) is 17.5. The number of hydrogen-bond acceptors (Lipinski definition) is 3. The van der Waals surface area contributed by atoms with Crippen molar-refractivity contribution in [1.82, 2.24) is 20.4 Å². The number of benzene rings is 1. The molecule has 1 atom stereocenters. The molecule has 1 aliphatic carbocycles. The Kier molecular flexibility index (Phi) is 7.34. The minimum Gasteiger partial charge on any atom is -0.385 e. The molecule has 1 aromatic carbocycles. The summed E-state index contributed by atoms with van der Waals surface area (Å²) in [5.41, 5.74) is 1.48. The van der Waals surface area contributed by atoms with Crippen LogP contribution in [0.25, 0.3) is 0 Å². The van der Waals surface area contributed by atoms with Crippen molar-refractivity contribution < 1.29 is 4.74 Å². The first-order valence-corrected chi connectivity index (χ1v) is 10.2. The molecule has 3 rings (SSSR count). The molecule has 1 heterocycles. The molecule has 2 N–H and O–H groups in total. The number of hydrogen-bond donors (Lipinski definition) is 2. The number of aliphatic imine (C=N–C) groups is 1. The molecule has 0 bridgehead atoms. The third-order valence-electron chi connectivity index (χ3n) is 5.67. The molecule has 6 nitrogen and oxygen atoms in total. The molecule has 0 saturated heterocycles. The van der Waals surface area contributed by atoms with E-state index >= 15 is 0 Å². The monoisotopic (exact) mass is 403 g/mol. The van der Waals surface area contributed by atoms with Gasteiger partial charge in [-0.15, -0.1) is 0 Å². The fourth-order valence-electron chi connectivity index (χ4n) is 3.71. The number of rotatable bonds is 9. The lowest BCUT2D eigenvalue weighted by Crippen LogP contribution is -2.47. The largest absolute Gasteiger partial charge is 0.385 e. The SMILES string of the molecule is CN=C(NCC(c1ccc(Cl)cc1)n1cccn1)NCC1(CCOC)CCC1. The van der Waals surface area contributed by atoms with Crippen molar-refractivity contribution in [3.05, 3.63) is 53.3 Å². The number of nitrogens with one attached hydrogen (secondary N) is 2. The van der Waals surface area contributed by atoms with E-state index in [9.17, 15) is 0 Å². The quantitative estimate of drug-likeness (QED) is 0.497. The van der Waals surface area contributed by atoms with Gasteiger partial charge in [0, 0.05) is 51.3 Å². The molecule has 7 heteroatoms. The number of guanidine groups is 1. The average Bonchev–Trinajstić information content (AvgIpc) is 3.21. The van der Waals surface area contributed by atoms with E-state index in [-0.39, 0.29) is 6.04 Å². The van der Waals surface area contributed by atoms with E-state index in [1.54, 1.807) is 13.3 Å². The van der Waals surface area contributed by atoms with E-state index in [4.69, 9.17) is 16.3 Å². The summed E-state index contributed by atoms with van der Waals surface area (Å²) in [4.78, 5) is 4.40. The van der Waals surface area contributed by atoms with Crippen LogP contribution < -0.4 is 10.6 Å². The number of halogens is 1. The second-order valence-corrected chi connectivity index (χ2v) is 7.89. The fraction of sp³-hybridized carbons (Fsp3) is 0.524. The van der Waals surface area contributed by atoms with Crippen LogP contribution >= 0.6 is 11.6 Å². The molecule has 0 spiro atoms. The molecular formula is C21H30ClN5O. The van der Waals surface area contributed by atoms with Crippen LogP contribution in [0.1, 0.15) is 37.3 Å². The summed E-state index contributed by atoms with van der Waals surface area (Å²) >= 11 is 6.05. The van der Waals surface area contributed by atoms with Gasteiger partial charge < -0.3 is 15.4 Å². The van der Waals surface area contributed by atoms with Crippen LogP contribution in [0, 0.1) is 5.41 Å². The summed E-state index contributed by atoms with van der Waals surface area (Å²) in [5, 5.41) is 12.1.